The van der Waals surface area contributed by atoms with Crippen molar-refractivity contribution in [3.05, 3.63) is 29.8 Å². The van der Waals surface area contributed by atoms with Gasteiger partial charge < -0.3 is 27.3 Å². The molecule has 0 aromatic heterocycles. The van der Waals surface area contributed by atoms with Gasteiger partial charge in [0.05, 0.1) is 12.2 Å². The number of nitrogens with two attached hydrogens (primary N) is 3. The molecule has 0 aliphatic heterocycles. The van der Waals surface area contributed by atoms with E-state index in [4.69, 9.17) is 27.3 Å². The molecule has 146 valence electrons. The molecule has 0 amide bonds. The number of hydrogen-bond donors (Lipinski definition) is 5. The van der Waals surface area contributed by atoms with Gasteiger partial charge in [0.15, 0.2) is 5.96 Å². The van der Waals surface area contributed by atoms with E-state index in [1.807, 2.05) is 18.2 Å². The first-order chi connectivity index (χ1) is 12.6. The van der Waals surface area contributed by atoms with Gasteiger partial charge in [-0.2, -0.15) is 0 Å². The molecule has 0 saturated heterocycles. The largest absolute Gasteiger partial charge is 0.493 e. The van der Waals surface area contributed by atoms with Gasteiger partial charge in [0.2, 0.25) is 0 Å². The first kappa shape index (κ1) is 21.8. The highest BCUT2D eigenvalue weighted by Gasteiger charge is 2.04. The minimum Gasteiger partial charge on any atom is -0.493 e. The standard InChI is InChI=1S/C19H34N6O/c20-18(21)16-10-4-5-11-17(16)26-15-9-8-13-24-12-6-2-1-3-7-14-25-19(22)23/h4-5,10-11,24H,1-3,6-9,12-15H2,(H3,20,21)(H4,22,23,25). The van der Waals surface area contributed by atoms with Crippen LogP contribution in [0.3, 0.4) is 0 Å². The van der Waals surface area contributed by atoms with Crippen LogP contribution in [0.4, 0.5) is 0 Å². The van der Waals surface area contributed by atoms with Crippen LogP contribution < -0.4 is 27.3 Å². The fourth-order valence-corrected chi connectivity index (χ4v) is 2.57. The van der Waals surface area contributed by atoms with E-state index in [9.17, 15) is 0 Å². The topological polar surface area (TPSA) is 136 Å². The summed E-state index contributed by atoms with van der Waals surface area (Å²) >= 11 is 0. The Morgan fingerprint density at radius 1 is 0.923 bits per heavy atom. The number of nitrogens with zero attached hydrogens (tertiary/aromatic N) is 1. The van der Waals surface area contributed by atoms with E-state index in [0.29, 0.717) is 17.9 Å². The van der Waals surface area contributed by atoms with Crippen LogP contribution in [0.5, 0.6) is 5.75 Å². The van der Waals surface area contributed by atoms with E-state index >= 15 is 0 Å². The molecule has 0 aliphatic carbocycles. The van der Waals surface area contributed by atoms with Crippen LogP contribution in [0.1, 0.15) is 50.5 Å². The third kappa shape index (κ3) is 10.6. The second-order valence-electron chi connectivity index (χ2n) is 6.29. The monoisotopic (exact) mass is 362 g/mol. The van der Waals surface area contributed by atoms with Crippen molar-refractivity contribution in [2.75, 3.05) is 26.2 Å². The molecule has 0 unspecified atom stereocenters. The van der Waals surface area contributed by atoms with Crippen LogP contribution in [-0.2, 0) is 0 Å². The van der Waals surface area contributed by atoms with Gasteiger partial charge in [-0.15, -0.1) is 0 Å². The Morgan fingerprint density at radius 3 is 2.31 bits per heavy atom. The van der Waals surface area contributed by atoms with Gasteiger partial charge in [-0.3, -0.25) is 10.4 Å². The van der Waals surface area contributed by atoms with E-state index in [0.717, 1.165) is 38.9 Å². The zero-order valence-corrected chi connectivity index (χ0v) is 15.7. The fraction of sp³-hybridized carbons (Fsp3) is 0.579. The van der Waals surface area contributed by atoms with Crippen molar-refractivity contribution < 1.29 is 4.74 Å². The molecule has 8 N–H and O–H groups in total. The number of benzene rings is 1. The summed E-state index contributed by atoms with van der Waals surface area (Å²) in [5.41, 5.74) is 16.8. The molecule has 1 rings (SSSR count). The summed E-state index contributed by atoms with van der Waals surface area (Å²) in [5.74, 6) is 0.911. The summed E-state index contributed by atoms with van der Waals surface area (Å²) < 4.78 is 5.73. The molecule has 0 heterocycles. The molecule has 0 radical (unpaired) electrons. The third-order valence-electron chi connectivity index (χ3n) is 3.99. The number of para-hydroxylation sites is 1. The van der Waals surface area contributed by atoms with Gasteiger partial charge in [0.25, 0.3) is 0 Å². The Hall–Kier alpha value is -2.28. The van der Waals surface area contributed by atoms with Crippen LogP contribution in [0.2, 0.25) is 0 Å². The first-order valence-electron chi connectivity index (χ1n) is 9.43. The van der Waals surface area contributed by atoms with Crippen molar-refractivity contribution in [3.8, 4) is 5.75 Å². The van der Waals surface area contributed by atoms with Crippen molar-refractivity contribution in [3.63, 3.8) is 0 Å². The number of unbranched alkanes of at least 4 members (excludes halogenated alkanes) is 5. The minimum absolute atomic E-state index is 0.0403. The average Bonchev–Trinajstić information content (AvgIpc) is 2.62. The van der Waals surface area contributed by atoms with Gasteiger partial charge >= 0.3 is 0 Å². The summed E-state index contributed by atoms with van der Waals surface area (Å²) in [4.78, 5) is 3.97. The van der Waals surface area contributed by atoms with Gasteiger partial charge in [0, 0.05) is 6.54 Å². The number of nitrogens with one attached hydrogen (secondary N) is 2. The van der Waals surface area contributed by atoms with Gasteiger partial charge in [-0.1, -0.05) is 31.4 Å². The SMILES string of the molecule is N=C(N)c1ccccc1OCCCCNCCCCCCCN=C(N)N. The van der Waals surface area contributed by atoms with Crippen molar-refractivity contribution in [2.45, 2.75) is 44.9 Å². The van der Waals surface area contributed by atoms with E-state index in [-0.39, 0.29) is 11.8 Å². The third-order valence-corrected chi connectivity index (χ3v) is 3.99. The molecule has 0 fully saturated rings. The lowest BCUT2D eigenvalue weighted by Crippen LogP contribution is -2.22. The van der Waals surface area contributed by atoms with Crippen molar-refractivity contribution in [1.82, 2.24) is 5.32 Å². The second-order valence-corrected chi connectivity index (χ2v) is 6.29. The van der Waals surface area contributed by atoms with E-state index in [2.05, 4.69) is 10.3 Å². The molecular formula is C19H34N6O. The maximum Gasteiger partial charge on any atom is 0.185 e. The normalized spacial score (nSPS) is 10.5. The first-order valence-corrected chi connectivity index (χ1v) is 9.43. The molecule has 0 spiro atoms. The molecule has 7 heteroatoms. The Morgan fingerprint density at radius 2 is 1.58 bits per heavy atom. The van der Waals surface area contributed by atoms with E-state index < -0.39 is 0 Å². The molecule has 1 aromatic rings. The quantitative estimate of drug-likeness (QED) is 0.184. The summed E-state index contributed by atoms with van der Waals surface area (Å²) in [6.07, 6.45) is 7.94. The number of nitrogen functional groups attached to an aromatic ring is 1. The van der Waals surface area contributed by atoms with Gasteiger partial charge in [0.1, 0.15) is 11.6 Å². The van der Waals surface area contributed by atoms with Crippen molar-refractivity contribution >= 4 is 11.8 Å². The Balaban J connectivity index is 1.91. The predicted octanol–water partition coefficient (Wildman–Crippen LogP) is 1.94. The maximum atomic E-state index is 7.54. The summed E-state index contributed by atoms with van der Waals surface area (Å²) in [6.45, 7) is 3.44. The summed E-state index contributed by atoms with van der Waals surface area (Å²) in [5, 5.41) is 11.0. The fourth-order valence-electron chi connectivity index (χ4n) is 2.57. The number of ether oxygens (including phenoxy) is 1. The molecular weight excluding hydrogens is 328 g/mol. The molecule has 0 bridgehead atoms. The average molecular weight is 363 g/mol. The van der Waals surface area contributed by atoms with Gasteiger partial charge in [-0.25, -0.2) is 0 Å². The number of amidine groups is 1. The van der Waals surface area contributed by atoms with Crippen LogP contribution in [0, 0.1) is 5.41 Å². The highest BCUT2D eigenvalue weighted by atomic mass is 16.5. The molecule has 7 nitrogen and oxygen atoms in total. The Kier molecular flexibility index (Phi) is 11.7. The lowest BCUT2D eigenvalue weighted by Gasteiger charge is -2.10. The number of hydrogen-bond acceptors (Lipinski definition) is 4. The molecule has 1 aromatic carbocycles. The molecule has 0 atom stereocenters. The number of guanidine groups is 1. The lowest BCUT2D eigenvalue weighted by molar-refractivity contribution is 0.305. The zero-order chi connectivity index (χ0) is 19.0. The minimum atomic E-state index is 0.0403. The van der Waals surface area contributed by atoms with E-state index in [1.165, 1.54) is 25.7 Å². The van der Waals surface area contributed by atoms with E-state index in [1.54, 1.807) is 6.07 Å². The Labute approximate surface area is 156 Å². The van der Waals surface area contributed by atoms with Crippen LogP contribution in [0.15, 0.2) is 29.3 Å². The van der Waals surface area contributed by atoms with Crippen molar-refractivity contribution in [2.24, 2.45) is 22.2 Å². The van der Waals surface area contributed by atoms with Crippen LogP contribution in [-0.4, -0.2) is 38.0 Å². The van der Waals surface area contributed by atoms with Crippen LogP contribution in [0.25, 0.3) is 0 Å². The maximum absolute atomic E-state index is 7.54. The molecule has 0 saturated carbocycles. The Bertz CT molecular complexity index is 543. The number of aliphatic imine (C=N–C) groups is 1. The zero-order valence-electron chi connectivity index (χ0n) is 15.7. The van der Waals surface area contributed by atoms with Crippen molar-refractivity contribution in [1.29, 1.82) is 5.41 Å². The second kappa shape index (κ2) is 13.9. The van der Waals surface area contributed by atoms with Gasteiger partial charge in [-0.05, 0) is 50.9 Å². The smallest absolute Gasteiger partial charge is 0.185 e. The number of rotatable bonds is 15. The molecule has 0 aliphatic rings. The lowest BCUT2D eigenvalue weighted by atomic mass is 10.1. The molecule has 26 heavy (non-hydrogen) atoms. The summed E-state index contributed by atoms with van der Waals surface area (Å²) in [6, 6.07) is 7.41. The predicted molar refractivity (Wildman–Crippen MR) is 109 cm³/mol. The summed E-state index contributed by atoms with van der Waals surface area (Å²) in [7, 11) is 0. The highest BCUT2D eigenvalue weighted by Crippen LogP contribution is 2.17. The highest BCUT2D eigenvalue weighted by molar-refractivity contribution is 5.97. The van der Waals surface area contributed by atoms with Crippen LogP contribution >= 0.6 is 0 Å².